The highest BCUT2D eigenvalue weighted by Crippen LogP contribution is 2.55. The average Bonchev–Trinajstić information content (AvgIpc) is 2.76. The first-order chi connectivity index (χ1) is 16.1. The van der Waals surface area contributed by atoms with Gasteiger partial charge in [0.2, 0.25) is 18.2 Å². The van der Waals surface area contributed by atoms with E-state index in [-0.39, 0.29) is 17.2 Å². The lowest BCUT2D eigenvalue weighted by Gasteiger charge is -2.22. The van der Waals surface area contributed by atoms with Gasteiger partial charge in [0.25, 0.3) is 0 Å². The van der Waals surface area contributed by atoms with E-state index >= 15 is 0 Å². The molecule has 0 saturated heterocycles. The van der Waals surface area contributed by atoms with E-state index in [4.69, 9.17) is 34.8 Å². The van der Waals surface area contributed by atoms with Crippen molar-refractivity contribution in [3.05, 3.63) is 98.0 Å². The average molecular weight is 574 g/mol. The zero-order valence-corrected chi connectivity index (χ0v) is 20.0. The van der Waals surface area contributed by atoms with Crippen molar-refractivity contribution in [1.82, 2.24) is 0 Å². The molecule has 0 radical (unpaired) electrons. The van der Waals surface area contributed by atoms with Crippen molar-refractivity contribution in [2.75, 3.05) is 0 Å². The maximum absolute atomic E-state index is 14.2. The Morgan fingerprint density at radius 2 is 1.09 bits per heavy atom. The van der Waals surface area contributed by atoms with Crippen molar-refractivity contribution in [2.45, 2.75) is 12.4 Å². The molecule has 0 spiro atoms. The molecule has 0 heterocycles. The van der Waals surface area contributed by atoms with Crippen LogP contribution < -0.4 is 5.30 Å². The van der Waals surface area contributed by atoms with Gasteiger partial charge in [-0.3, -0.25) is 9.59 Å². The van der Waals surface area contributed by atoms with E-state index in [1.807, 2.05) is 0 Å². The Kier molecular flexibility index (Phi) is 7.49. The second-order valence-electron chi connectivity index (χ2n) is 7.02. The molecule has 0 bridgehead atoms. The Morgan fingerprint density at radius 3 is 1.51 bits per heavy atom. The molecular formula is C22H10Cl3F6O3P. The third-order valence-electron chi connectivity index (χ3n) is 4.80. The molecule has 3 nitrogen and oxygen atoms in total. The smallest absolute Gasteiger partial charge is 0.302 e. The number of rotatable bonds is 5. The van der Waals surface area contributed by atoms with E-state index < -0.39 is 68.1 Å². The van der Waals surface area contributed by atoms with Crippen molar-refractivity contribution >= 4 is 58.3 Å². The molecular weight excluding hydrogens is 564 g/mol. The standard InChI is InChI=1S/C22H10Cl3F6O3P/c23-11-9-15(24)18(16(25)10-11)20(33)35(34,12-5-2-1-3-6-12)19(32)17-13(21(26,27)28)7-4-8-14(17)22(29,30)31/h1-10H. The predicted molar refractivity (Wildman–Crippen MR) is 120 cm³/mol. The fraction of sp³-hybridized carbons (Fsp3) is 0.0909. The van der Waals surface area contributed by atoms with Gasteiger partial charge in [-0.05, 0) is 24.3 Å². The van der Waals surface area contributed by atoms with Gasteiger partial charge in [-0.1, -0.05) is 71.2 Å². The molecule has 0 fully saturated rings. The minimum atomic E-state index is -5.45. The Bertz CT molecular complexity index is 1320. The third-order valence-corrected chi connectivity index (χ3v) is 8.23. The van der Waals surface area contributed by atoms with Gasteiger partial charge in [0, 0.05) is 10.3 Å². The van der Waals surface area contributed by atoms with E-state index in [1.54, 1.807) is 0 Å². The van der Waals surface area contributed by atoms with Gasteiger partial charge in [-0.15, -0.1) is 0 Å². The first kappa shape index (κ1) is 27.3. The summed E-state index contributed by atoms with van der Waals surface area (Å²) in [7, 11) is -5.45. The van der Waals surface area contributed by atoms with Gasteiger partial charge < -0.3 is 4.57 Å². The highest BCUT2D eigenvalue weighted by Gasteiger charge is 2.51. The summed E-state index contributed by atoms with van der Waals surface area (Å²) in [5.74, 6) is 0. The largest absolute Gasteiger partial charge is 0.417 e. The van der Waals surface area contributed by atoms with E-state index in [9.17, 15) is 40.5 Å². The lowest BCUT2D eigenvalue weighted by atomic mass is 10.0. The lowest BCUT2D eigenvalue weighted by Crippen LogP contribution is -2.26. The van der Waals surface area contributed by atoms with Crippen LogP contribution in [0, 0.1) is 0 Å². The quantitative estimate of drug-likeness (QED) is 0.228. The van der Waals surface area contributed by atoms with Crippen LogP contribution in [0.1, 0.15) is 31.8 Å². The Morgan fingerprint density at radius 1 is 0.657 bits per heavy atom. The van der Waals surface area contributed by atoms with Crippen molar-refractivity contribution in [3.8, 4) is 0 Å². The van der Waals surface area contributed by atoms with Crippen LogP contribution in [0.3, 0.4) is 0 Å². The first-order valence-corrected chi connectivity index (χ1v) is 12.1. The number of halogens is 9. The molecule has 0 saturated carbocycles. The molecule has 3 rings (SSSR count). The van der Waals surface area contributed by atoms with Gasteiger partial charge >= 0.3 is 12.4 Å². The molecule has 3 aromatic carbocycles. The molecule has 3 aromatic rings. The van der Waals surface area contributed by atoms with Crippen LogP contribution in [0.4, 0.5) is 26.3 Å². The van der Waals surface area contributed by atoms with Crippen molar-refractivity contribution in [2.24, 2.45) is 0 Å². The minimum absolute atomic E-state index is 0.0702. The maximum atomic E-state index is 14.2. The van der Waals surface area contributed by atoms with Crippen LogP contribution in [-0.4, -0.2) is 11.0 Å². The molecule has 0 aliphatic carbocycles. The highest BCUT2D eigenvalue weighted by atomic mass is 35.5. The van der Waals surface area contributed by atoms with Crippen LogP contribution in [0.2, 0.25) is 15.1 Å². The summed E-state index contributed by atoms with van der Waals surface area (Å²) in [6, 6.07) is 8.60. The second-order valence-corrected chi connectivity index (χ2v) is 10.8. The molecule has 1 unspecified atom stereocenters. The molecule has 0 aromatic heterocycles. The van der Waals surface area contributed by atoms with Gasteiger partial charge in [-0.2, -0.15) is 26.3 Å². The first-order valence-electron chi connectivity index (χ1n) is 9.27. The summed E-state index contributed by atoms with van der Waals surface area (Å²) in [4.78, 5) is 27.0. The minimum Gasteiger partial charge on any atom is -0.302 e. The van der Waals surface area contributed by atoms with Crippen LogP contribution >= 0.6 is 41.9 Å². The SMILES string of the molecule is O=C(c1c(Cl)cc(Cl)cc1Cl)P(=O)(C(=O)c1c(C(F)(F)F)cccc1C(F)(F)F)c1ccccc1. The summed E-state index contributed by atoms with van der Waals surface area (Å²) in [5.41, 5.74) is -10.5. The normalized spacial score (nSPS) is 13.9. The predicted octanol–water partition coefficient (Wildman–Crippen LogP) is 8.35. The number of benzene rings is 3. The van der Waals surface area contributed by atoms with Crippen LogP contribution in [0.25, 0.3) is 0 Å². The van der Waals surface area contributed by atoms with Crippen LogP contribution in [-0.2, 0) is 16.9 Å². The Hall–Kier alpha value is -2.32. The van der Waals surface area contributed by atoms with Crippen molar-refractivity contribution in [1.29, 1.82) is 0 Å². The number of alkyl halides is 6. The van der Waals surface area contributed by atoms with E-state index in [1.165, 1.54) is 18.2 Å². The fourth-order valence-corrected chi connectivity index (χ4v) is 6.76. The fourth-order valence-electron chi connectivity index (χ4n) is 3.28. The summed E-state index contributed by atoms with van der Waals surface area (Å²) in [6.45, 7) is 0. The van der Waals surface area contributed by atoms with Crippen LogP contribution in [0.5, 0.6) is 0 Å². The summed E-state index contributed by atoms with van der Waals surface area (Å²) >= 11 is 17.8. The van der Waals surface area contributed by atoms with Crippen LogP contribution in [0.15, 0.2) is 60.7 Å². The Balaban J connectivity index is 2.43. The highest BCUT2D eigenvalue weighted by molar-refractivity contribution is 8.01. The van der Waals surface area contributed by atoms with Crippen molar-refractivity contribution < 1.29 is 40.5 Å². The molecule has 0 aliphatic heterocycles. The maximum Gasteiger partial charge on any atom is 0.417 e. The molecule has 13 heteroatoms. The zero-order chi connectivity index (χ0) is 26.3. The monoisotopic (exact) mass is 572 g/mol. The third kappa shape index (κ3) is 5.14. The molecule has 35 heavy (non-hydrogen) atoms. The second kappa shape index (κ2) is 9.62. The Labute approximate surface area is 209 Å². The number of hydrogen-bond acceptors (Lipinski definition) is 3. The van der Waals surface area contributed by atoms with E-state index in [0.717, 1.165) is 24.3 Å². The molecule has 0 N–H and O–H groups in total. The summed E-state index contributed by atoms with van der Waals surface area (Å²) in [6.07, 6.45) is -10.9. The summed E-state index contributed by atoms with van der Waals surface area (Å²) in [5, 5.41) is -1.69. The van der Waals surface area contributed by atoms with Crippen molar-refractivity contribution in [3.63, 3.8) is 0 Å². The van der Waals surface area contributed by atoms with E-state index in [2.05, 4.69) is 0 Å². The number of hydrogen-bond donors (Lipinski definition) is 0. The van der Waals surface area contributed by atoms with Gasteiger partial charge in [-0.25, -0.2) is 0 Å². The molecule has 1 atom stereocenters. The van der Waals surface area contributed by atoms with Gasteiger partial charge in [0.1, 0.15) is 0 Å². The molecule has 0 amide bonds. The zero-order valence-electron chi connectivity index (χ0n) is 16.8. The topological polar surface area (TPSA) is 51.2 Å². The van der Waals surface area contributed by atoms with Gasteiger partial charge in [0.15, 0.2) is 0 Å². The number of carbonyl (C=O) groups is 2. The molecule has 184 valence electrons. The molecule has 0 aliphatic rings. The van der Waals surface area contributed by atoms with Gasteiger partial charge in [0.05, 0.1) is 32.3 Å². The summed E-state index contributed by atoms with van der Waals surface area (Å²) < 4.78 is 96.5. The van der Waals surface area contributed by atoms with E-state index in [0.29, 0.717) is 6.07 Å². The lowest BCUT2D eigenvalue weighted by molar-refractivity contribution is -0.143. The number of carbonyl (C=O) groups excluding carboxylic acids is 2.